The zero-order chi connectivity index (χ0) is 9.68. The lowest BCUT2D eigenvalue weighted by Crippen LogP contribution is -1.91. The Morgan fingerprint density at radius 1 is 1.92 bits per heavy atom. The van der Waals surface area contributed by atoms with Crippen molar-refractivity contribution in [1.82, 2.24) is 4.98 Å². The molecule has 66 valence electrons. The van der Waals surface area contributed by atoms with Gasteiger partial charge in [-0.25, -0.2) is 9.78 Å². The number of carbonyl (C=O) groups excluding carboxylic acids is 1. The van der Waals surface area contributed by atoms with Gasteiger partial charge in [0.2, 0.25) is 0 Å². The van der Waals surface area contributed by atoms with E-state index in [-0.39, 0.29) is 0 Å². The molecule has 0 bridgehead atoms. The van der Waals surface area contributed by atoms with Crippen LogP contribution in [0.25, 0.3) is 0 Å². The van der Waals surface area contributed by atoms with Crippen molar-refractivity contribution in [2.45, 2.75) is 6.92 Å². The van der Waals surface area contributed by atoms with Crippen molar-refractivity contribution in [1.29, 1.82) is 5.26 Å². The molecule has 1 aromatic rings. The predicted octanol–water partition coefficient (Wildman–Crippen LogP) is 0.912. The van der Waals surface area contributed by atoms with Crippen molar-refractivity contribution >= 4 is 23.5 Å². The number of carbonyl (C=O) groups is 1. The summed E-state index contributed by atoms with van der Waals surface area (Å²) in [5.41, 5.74) is 0.328. The second kappa shape index (κ2) is 4.33. The smallest absolute Gasteiger partial charge is 0.319 e. The summed E-state index contributed by atoms with van der Waals surface area (Å²) < 4.78 is 0. The molecule has 0 amide bonds. The van der Waals surface area contributed by atoms with Gasteiger partial charge in [-0.05, 0) is 0 Å². The summed E-state index contributed by atoms with van der Waals surface area (Å²) in [5.74, 6) is -0.492. The lowest BCUT2D eigenvalue weighted by Gasteiger charge is -1.85. The fourth-order valence-corrected chi connectivity index (χ4v) is 1.14. The molecular weight excluding hydrogens is 190 g/mol. The third-order valence-electron chi connectivity index (χ3n) is 0.981. The Labute approximate surface area is 78.3 Å². The van der Waals surface area contributed by atoms with E-state index in [1.54, 1.807) is 5.38 Å². The van der Waals surface area contributed by atoms with E-state index in [1.165, 1.54) is 24.5 Å². The highest BCUT2D eigenvalue weighted by atomic mass is 32.1. The highest BCUT2D eigenvalue weighted by Crippen LogP contribution is 2.05. The minimum atomic E-state index is -0.492. The molecule has 0 spiro atoms. The average molecular weight is 195 g/mol. The summed E-state index contributed by atoms with van der Waals surface area (Å²) >= 11 is 1.25. The van der Waals surface area contributed by atoms with Crippen LogP contribution >= 0.6 is 11.3 Å². The van der Waals surface area contributed by atoms with Crippen molar-refractivity contribution in [2.24, 2.45) is 5.16 Å². The molecule has 6 heteroatoms. The van der Waals surface area contributed by atoms with Crippen LogP contribution in [0.1, 0.15) is 17.6 Å². The molecule has 0 atom stereocenters. The number of oxime groups is 1. The molecule has 0 saturated heterocycles. The van der Waals surface area contributed by atoms with Crippen LogP contribution in [0.2, 0.25) is 0 Å². The summed E-state index contributed by atoms with van der Waals surface area (Å²) in [6.07, 6.45) is 1.28. The number of rotatable bonds is 2. The highest BCUT2D eigenvalue weighted by Gasteiger charge is 1.97. The highest BCUT2D eigenvalue weighted by molar-refractivity contribution is 7.11. The third-order valence-corrected chi connectivity index (χ3v) is 1.76. The maximum atomic E-state index is 10.3. The Bertz CT molecular complexity index is 377. The predicted molar refractivity (Wildman–Crippen MR) is 46.2 cm³/mol. The van der Waals surface area contributed by atoms with E-state index in [1.807, 2.05) is 6.07 Å². The SMILES string of the molecule is CC(=O)ON=Cc1nc(C#N)cs1. The van der Waals surface area contributed by atoms with E-state index in [4.69, 9.17) is 5.26 Å². The van der Waals surface area contributed by atoms with Gasteiger partial charge in [0.05, 0.1) is 0 Å². The topological polar surface area (TPSA) is 75.3 Å². The maximum absolute atomic E-state index is 10.3. The molecule has 0 aromatic carbocycles. The van der Waals surface area contributed by atoms with Gasteiger partial charge in [-0.2, -0.15) is 5.26 Å². The van der Waals surface area contributed by atoms with Crippen LogP contribution in [0, 0.1) is 11.3 Å². The van der Waals surface area contributed by atoms with Crippen molar-refractivity contribution in [2.75, 3.05) is 0 Å². The van der Waals surface area contributed by atoms with Crippen LogP contribution in [0.3, 0.4) is 0 Å². The lowest BCUT2D eigenvalue weighted by atomic mass is 10.6. The monoisotopic (exact) mass is 195 g/mol. The van der Waals surface area contributed by atoms with Crippen LogP contribution in [-0.4, -0.2) is 17.2 Å². The quantitative estimate of drug-likeness (QED) is 0.399. The van der Waals surface area contributed by atoms with Gasteiger partial charge in [0.25, 0.3) is 0 Å². The molecule has 13 heavy (non-hydrogen) atoms. The summed E-state index contributed by atoms with van der Waals surface area (Å²) in [6.45, 7) is 1.25. The zero-order valence-electron chi connectivity index (χ0n) is 6.72. The molecule has 0 radical (unpaired) electrons. The summed E-state index contributed by atoms with van der Waals surface area (Å²) in [4.78, 5) is 18.4. The fraction of sp³-hybridized carbons (Fsp3) is 0.143. The molecular formula is C7H5N3O2S. The van der Waals surface area contributed by atoms with Crippen LogP contribution < -0.4 is 0 Å². The van der Waals surface area contributed by atoms with Gasteiger partial charge in [-0.3, -0.25) is 0 Å². The average Bonchev–Trinajstić information content (AvgIpc) is 2.52. The third kappa shape index (κ3) is 3.01. The number of hydrogen-bond donors (Lipinski definition) is 0. The molecule has 1 rings (SSSR count). The van der Waals surface area contributed by atoms with Crippen molar-refractivity contribution in [3.63, 3.8) is 0 Å². The number of hydrogen-bond acceptors (Lipinski definition) is 6. The van der Waals surface area contributed by atoms with E-state index < -0.39 is 5.97 Å². The summed E-state index contributed by atoms with van der Waals surface area (Å²) in [7, 11) is 0. The van der Waals surface area contributed by atoms with E-state index in [9.17, 15) is 4.79 Å². The first kappa shape index (κ1) is 9.35. The molecule has 0 unspecified atom stereocenters. The number of nitrogens with zero attached hydrogens (tertiary/aromatic N) is 3. The summed E-state index contributed by atoms with van der Waals surface area (Å²) in [5, 5.41) is 13.9. The molecule has 0 aliphatic heterocycles. The second-order valence-corrected chi connectivity index (χ2v) is 2.89. The van der Waals surface area contributed by atoms with Crippen molar-refractivity contribution in [3.05, 3.63) is 16.1 Å². The van der Waals surface area contributed by atoms with Gasteiger partial charge in [0.15, 0.2) is 5.69 Å². The first-order valence-corrected chi connectivity index (χ1v) is 4.17. The Hall–Kier alpha value is -1.74. The van der Waals surface area contributed by atoms with Crippen molar-refractivity contribution < 1.29 is 9.63 Å². The second-order valence-electron chi connectivity index (χ2n) is 2.00. The Balaban J connectivity index is 2.60. The number of aromatic nitrogens is 1. The molecule has 1 aromatic heterocycles. The standard InChI is InChI=1S/C7H5N3O2S/c1-5(11)12-9-3-7-10-6(2-8)4-13-7/h3-4H,1H3. The van der Waals surface area contributed by atoms with Gasteiger partial charge in [0, 0.05) is 12.3 Å². The largest absolute Gasteiger partial charge is 0.331 e. The van der Waals surface area contributed by atoms with E-state index in [0.717, 1.165) is 0 Å². The Kier molecular flexibility index (Phi) is 3.11. The Morgan fingerprint density at radius 2 is 2.69 bits per heavy atom. The summed E-state index contributed by atoms with van der Waals surface area (Å²) in [6, 6.07) is 1.88. The molecule has 0 aliphatic carbocycles. The number of nitriles is 1. The molecule has 0 fully saturated rings. The fourth-order valence-electron chi connectivity index (χ4n) is 0.544. The van der Waals surface area contributed by atoms with E-state index in [0.29, 0.717) is 10.7 Å². The van der Waals surface area contributed by atoms with Crippen LogP contribution in [0.15, 0.2) is 10.5 Å². The van der Waals surface area contributed by atoms with Crippen LogP contribution in [0.5, 0.6) is 0 Å². The minimum absolute atomic E-state index is 0.328. The van der Waals surface area contributed by atoms with E-state index in [2.05, 4.69) is 15.0 Å². The van der Waals surface area contributed by atoms with Gasteiger partial charge in [-0.15, -0.1) is 11.3 Å². The van der Waals surface area contributed by atoms with Gasteiger partial charge < -0.3 is 4.84 Å². The van der Waals surface area contributed by atoms with Crippen molar-refractivity contribution in [3.8, 4) is 6.07 Å². The molecule has 0 N–H and O–H groups in total. The van der Waals surface area contributed by atoms with E-state index >= 15 is 0 Å². The van der Waals surface area contributed by atoms with Gasteiger partial charge >= 0.3 is 5.97 Å². The maximum Gasteiger partial charge on any atom is 0.331 e. The normalized spacial score (nSPS) is 9.85. The van der Waals surface area contributed by atoms with Crippen LogP contribution in [-0.2, 0) is 9.63 Å². The van der Waals surface area contributed by atoms with Gasteiger partial charge in [-0.1, -0.05) is 5.16 Å². The first-order valence-electron chi connectivity index (χ1n) is 3.29. The zero-order valence-corrected chi connectivity index (χ0v) is 7.54. The minimum Gasteiger partial charge on any atom is -0.319 e. The van der Waals surface area contributed by atoms with Crippen LogP contribution in [0.4, 0.5) is 0 Å². The first-order chi connectivity index (χ1) is 6.22. The Morgan fingerprint density at radius 3 is 3.23 bits per heavy atom. The number of thiazole rings is 1. The molecule has 0 saturated carbocycles. The molecule has 0 aliphatic rings. The lowest BCUT2D eigenvalue weighted by molar-refractivity contribution is -0.140. The molecule has 5 nitrogen and oxygen atoms in total. The van der Waals surface area contributed by atoms with Gasteiger partial charge in [0.1, 0.15) is 17.3 Å². The molecule has 1 heterocycles.